The Bertz CT molecular complexity index is 519. The number of halogens is 1. The van der Waals surface area contributed by atoms with Crippen LogP contribution in [0.1, 0.15) is 30.9 Å². The van der Waals surface area contributed by atoms with E-state index < -0.39 is 26.9 Å². The van der Waals surface area contributed by atoms with Crippen LogP contribution in [0.4, 0.5) is 4.39 Å². The second-order valence-corrected chi connectivity index (χ2v) is 6.90. The zero-order valence-electron chi connectivity index (χ0n) is 10.3. The van der Waals surface area contributed by atoms with Crippen LogP contribution in [0, 0.1) is 5.82 Å². The van der Waals surface area contributed by atoms with Gasteiger partial charge in [0.25, 0.3) is 0 Å². The van der Waals surface area contributed by atoms with Gasteiger partial charge in [0.1, 0.15) is 5.82 Å². The van der Waals surface area contributed by atoms with E-state index in [0.717, 1.165) is 12.6 Å². The lowest BCUT2D eigenvalue weighted by atomic mass is 10.00. The number of hydrogen-bond acceptors (Lipinski definition) is 4. The average Bonchev–Trinajstić information content (AvgIpc) is 2.34. The van der Waals surface area contributed by atoms with Crippen LogP contribution in [0.25, 0.3) is 0 Å². The van der Waals surface area contributed by atoms with Gasteiger partial charge in [-0.1, -0.05) is 6.42 Å². The number of hydrogen-bond donors (Lipinski definition) is 1. The molecule has 2 unspecified atom stereocenters. The van der Waals surface area contributed by atoms with E-state index in [1.165, 1.54) is 6.20 Å². The van der Waals surface area contributed by atoms with E-state index in [-0.39, 0.29) is 5.75 Å². The summed E-state index contributed by atoms with van der Waals surface area (Å²) in [5, 5.41) is 2.39. The molecule has 1 aromatic rings. The maximum atomic E-state index is 13.7. The fraction of sp³-hybridized carbons (Fsp3) is 0.583. The van der Waals surface area contributed by atoms with Gasteiger partial charge in [-0.25, -0.2) is 12.8 Å². The first kappa shape index (κ1) is 13.4. The standard InChI is InChI=1S/C12H17FN2O2S/c1-14-12(9-5-6-15-8-10(9)13)11-4-2-3-7-18(11,16)17/h5-6,8,11-12,14H,2-4,7H2,1H3. The minimum absolute atomic E-state index is 0.197. The molecule has 2 atom stereocenters. The molecular weight excluding hydrogens is 255 g/mol. The smallest absolute Gasteiger partial charge is 0.155 e. The fourth-order valence-corrected chi connectivity index (χ4v) is 4.67. The molecule has 0 saturated carbocycles. The Balaban J connectivity index is 2.37. The molecular formula is C12H17FN2O2S. The maximum Gasteiger partial charge on any atom is 0.155 e. The summed E-state index contributed by atoms with van der Waals surface area (Å²) in [6.07, 6.45) is 4.76. The van der Waals surface area contributed by atoms with Crippen molar-refractivity contribution in [3.05, 3.63) is 29.8 Å². The van der Waals surface area contributed by atoms with E-state index in [1.807, 2.05) is 0 Å². The summed E-state index contributed by atoms with van der Waals surface area (Å²) >= 11 is 0. The van der Waals surface area contributed by atoms with Crippen LogP contribution in [0.15, 0.2) is 18.5 Å². The summed E-state index contributed by atoms with van der Waals surface area (Å²) in [6.45, 7) is 0. The van der Waals surface area contributed by atoms with Crippen LogP contribution in [-0.2, 0) is 9.84 Å². The SMILES string of the molecule is CNC(c1ccncc1F)C1CCCCS1(=O)=O. The average molecular weight is 272 g/mol. The second-order valence-electron chi connectivity index (χ2n) is 4.56. The summed E-state index contributed by atoms with van der Waals surface area (Å²) in [7, 11) is -1.49. The third-order valence-electron chi connectivity index (χ3n) is 3.45. The van der Waals surface area contributed by atoms with Crippen molar-refractivity contribution < 1.29 is 12.8 Å². The summed E-state index contributed by atoms with van der Waals surface area (Å²) in [4.78, 5) is 3.69. The molecule has 4 nitrogen and oxygen atoms in total. The van der Waals surface area contributed by atoms with E-state index in [9.17, 15) is 12.8 Å². The molecule has 2 heterocycles. The molecule has 0 aliphatic carbocycles. The topological polar surface area (TPSA) is 59.1 Å². The predicted molar refractivity (Wildman–Crippen MR) is 67.4 cm³/mol. The zero-order valence-corrected chi connectivity index (χ0v) is 11.1. The Kier molecular flexibility index (Phi) is 3.97. The molecule has 0 amide bonds. The third-order valence-corrected chi connectivity index (χ3v) is 5.74. The quantitative estimate of drug-likeness (QED) is 0.904. The lowest BCUT2D eigenvalue weighted by Gasteiger charge is -2.30. The summed E-state index contributed by atoms with van der Waals surface area (Å²) in [5.74, 6) is -0.264. The highest BCUT2D eigenvalue weighted by Gasteiger charge is 2.36. The largest absolute Gasteiger partial charge is 0.312 e. The highest BCUT2D eigenvalue weighted by Crippen LogP contribution is 2.31. The van der Waals surface area contributed by atoms with E-state index in [4.69, 9.17) is 0 Å². The van der Waals surface area contributed by atoms with Gasteiger partial charge in [0.2, 0.25) is 0 Å². The number of nitrogens with one attached hydrogen (secondary N) is 1. The van der Waals surface area contributed by atoms with E-state index in [1.54, 1.807) is 13.1 Å². The molecule has 1 saturated heterocycles. The normalized spacial score (nSPS) is 24.7. The fourth-order valence-electron chi connectivity index (χ4n) is 2.53. The van der Waals surface area contributed by atoms with Crippen molar-refractivity contribution in [2.75, 3.05) is 12.8 Å². The molecule has 18 heavy (non-hydrogen) atoms. The lowest BCUT2D eigenvalue weighted by Crippen LogP contribution is -2.39. The van der Waals surface area contributed by atoms with Crippen LogP contribution in [-0.4, -0.2) is 31.5 Å². The predicted octanol–water partition coefficient (Wildman–Crippen LogP) is 1.45. The Hall–Kier alpha value is -1.01. The van der Waals surface area contributed by atoms with Gasteiger partial charge in [-0.05, 0) is 26.0 Å². The minimum Gasteiger partial charge on any atom is -0.312 e. The van der Waals surface area contributed by atoms with Crippen molar-refractivity contribution in [1.29, 1.82) is 0 Å². The van der Waals surface area contributed by atoms with Crippen molar-refractivity contribution >= 4 is 9.84 Å². The van der Waals surface area contributed by atoms with Gasteiger partial charge in [-0.15, -0.1) is 0 Å². The lowest BCUT2D eigenvalue weighted by molar-refractivity contribution is 0.454. The Morgan fingerprint density at radius 3 is 2.89 bits per heavy atom. The number of rotatable bonds is 3. The first-order valence-corrected chi connectivity index (χ1v) is 7.76. The summed E-state index contributed by atoms with van der Waals surface area (Å²) in [6, 6.07) is 1.04. The van der Waals surface area contributed by atoms with E-state index >= 15 is 0 Å². The Labute approximate surface area is 107 Å². The molecule has 1 aliphatic rings. The van der Waals surface area contributed by atoms with Crippen molar-refractivity contribution in [1.82, 2.24) is 10.3 Å². The van der Waals surface area contributed by atoms with Gasteiger partial charge < -0.3 is 5.32 Å². The molecule has 1 aliphatic heterocycles. The molecule has 1 fully saturated rings. The van der Waals surface area contributed by atoms with Gasteiger partial charge in [0, 0.05) is 11.8 Å². The minimum atomic E-state index is -3.15. The molecule has 6 heteroatoms. The highest BCUT2D eigenvalue weighted by molar-refractivity contribution is 7.92. The van der Waals surface area contributed by atoms with Crippen LogP contribution in [0.5, 0.6) is 0 Å². The highest BCUT2D eigenvalue weighted by atomic mass is 32.2. The number of nitrogens with zero attached hydrogens (tertiary/aromatic N) is 1. The summed E-state index contributed by atoms with van der Waals surface area (Å²) < 4.78 is 37.9. The molecule has 1 aromatic heterocycles. The van der Waals surface area contributed by atoms with E-state index in [0.29, 0.717) is 18.4 Å². The number of sulfone groups is 1. The molecule has 0 aromatic carbocycles. The monoisotopic (exact) mass is 272 g/mol. The zero-order chi connectivity index (χ0) is 13.2. The molecule has 2 rings (SSSR count). The second kappa shape index (κ2) is 5.32. The Morgan fingerprint density at radius 1 is 1.50 bits per heavy atom. The van der Waals surface area contributed by atoms with Crippen LogP contribution >= 0.6 is 0 Å². The van der Waals surface area contributed by atoms with Gasteiger partial charge in [-0.3, -0.25) is 4.98 Å². The first-order valence-electron chi connectivity index (χ1n) is 6.04. The van der Waals surface area contributed by atoms with Gasteiger partial charge in [0.15, 0.2) is 9.84 Å². The maximum absolute atomic E-state index is 13.7. The summed E-state index contributed by atoms with van der Waals surface area (Å²) in [5.41, 5.74) is 0.378. The van der Waals surface area contributed by atoms with Crippen molar-refractivity contribution in [3.8, 4) is 0 Å². The molecule has 0 spiro atoms. The number of pyridine rings is 1. The third kappa shape index (κ3) is 2.54. The van der Waals surface area contributed by atoms with E-state index in [2.05, 4.69) is 10.3 Å². The van der Waals surface area contributed by atoms with Gasteiger partial charge >= 0.3 is 0 Å². The number of aromatic nitrogens is 1. The van der Waals surface area contributed by atoms with Gasteiger partial charge in [0.05, 0.1) is 23.2 Å². The van der Waals surface area contributed by atoms with Crippen molar-refractivity contribution in [3.63, 3.8) is 0 Å². The molecule has 0 radical (unpaired) electrons. The Morgan fingerprint density at radius 2 is 2.28 bits per heavy atom. The van der Waals surface area contributed by atoms with Crippen molar-refractivity contribution in [2.45, 2.75) is 30.6 Å². The molecule has 1 N–H and O–H groups in total. The first-order chi connectivity index (χ1) is 8.56. The van der Waals surface area contributed by atoms with Crippen molar-refractivity contribution in [2.24, 2.45) is 0 Å². The molecule has 0 bridgehead atoms. The molecule has 100 valence electrons. The van der Waals surface area contributed by atoms with Crippen LogP contribution < -0.4 is 5.32 Å². The van der Waals surface area contributed by atoms with Crippen LogP contribution in [0.3, 0.4) is 0 Å². The van der Waals surface area contributed by atoms with Gasteiger partial charge in [-0.2, -0.15) is 0 Å². The van der Waals surface area contributed by atoms with Crippen LogP contribution in [0.2, 0.25) is 0 Å².